The Labute approximate surface area is 143 Å². The molecule has 0 saturated carbocycles. The van der Waals surface area contributed by atoms with E-state index in [2.05, 4.69) is 10.6 Å². The highest BCUT2D eigenvalue weighted by Crippen LogP contribution is 2.23. The Kier molecular flexibility index (Phi) is 5.53. The van der Waals surface area contributed by atoms with E-state index in [9.17, 15) is 13.2 Å². The molecule has 2 heterocycles. The lowest BCUT2D eigenvalue weighted by atomic mass is 9.97. The van der Waals surface area contributed by atoms with Crippen molar-refractivity contribution >= 4 is 15.9 Å². The van der Waals surface area contributed by atoms with Gasteiger partial charge in [0.05, 0.1) is 10.8 Å². The van der Waals surface area contributed by atoms with E-state index in [4.69, 9.17) is 0 Å². The zero-order valence-electron chi connectivity index (χ0n) is 13.8. The predicted octanol–water partition coefficient (Wildman–Crippen LogP) is 0.813. The molecule has 1 aromatic rings. The molecule has 1 aromatic carbocycles. The molecular formula is C17H25N3O3S. The van der Waals surface area contributed by atoms with E-state index in [0.717, 1.165) is 32.4 Å². The Morgan fingerprint density at radius 2 is 1.88 bits per heavy atom. The van der Waals surface area contributed by atoms with Crippen LogP contribution in [0, 0.1) is 11.8 Å². The number of benzene rings is 1. The van der Waals surface area contributed by atoms with Crippen molar-refractivity contribution < 1.29 is 13.2 Å². The van der Waals surface area contributed by atoms with Gasteiger partial charge in [-0.25, -0.2) is 8.42 Å². The normalized spacial score (nSPS) is 23.2. The molecule has 2 N–H and O–H groups in total. The van der Waals surface area contributed by atoms with Crippen LogP contribution >= 0.6 is 0 Å². The summed E-state index contributed by atoms with van der Waals surface area (Å²) in [5.41, 5.74) is 0. The van der Waals surface area contributed by atoms with Crippen LogP contribution in [0.5, 0.6) is 0 Å². The van der Waals surface area contributed by atoms with Gasteiger partial charge in [-0.15, -0.1) is 0 Å². The van der Waals surface area contributed by atoms with Crippen LogP contribution in [-0.4, -0.2) is 51.4 Å². The van der Waals surface area contributed by atoms with E-state index in [1.165, 1.54) is 0 Å². The first kappa shape index (κ1) is 17.4. The van der Waals surface area contributed by atoms with Crippen LogP contribution in [-0.2, 0) is 14.8 Å². The Bertz CT molecular complexity index is 649. The number of piperidine rings is 1. The van der Waals surface area contributed by atoms with E-state index in [1.54, 1.807) is 28.6 Å². The third-order valence-corrected chi connectivity index (χ3v) is 6.86. The van der Waals surface area contributed by atoms with E-state index in [1.807, 2.05) is 6.07 Å². The van der Waals surface area contributed by atoms with Crippen molar-refractivity contribution in [2.75, 3.05) is 32.7 Å². The number of carbonyl (C=O) groups is 1. The minimum atomic E-state index is -3.39. The zero-order chi connectivity index (χ0) is 17.0. The Morgan fingerprint density at radius 1 is 1.17 bits per heavy atom. The van der Waals surface area contributed by atoms with Crippen LogP contribution in [0.3, 0.4) is 0 Å². The molecule has 1 amide bonds. The van der Waals surface area contributed by atoms with Gasteiger partial charge in [-0.1, -0.05) is 18.2 Å². The Balaban J connectivity index is 1.48. The van der Waals surface area contributed by atoms with Gasteiger partial charge in [0.1, 0.15) is 0 Å². The van der Waals surface area contributed by atoms with Crippen molar-refractivity contribution in [3.63, 3.8) is 0 Å². The lowest BCUT2D eigenvalue weighted by molar-refractivity contribution is -0.124. The van der Waals surface area contributed by atoms with Crippen molar-refractivity contribution in [1.29, 1.82) is 0 Å². The summed E-state index contributed by atoms with van der Waals surface area (Å²) in [5.74, 6) is 0.563. The molecule has 0 aliphatic carbocycles. The molecule has 0 bridgehead atoms. The first-order valence-electron chi connectivity index (χ1n) is 8.61. The average Bonchev–Trinajstić information content (AvgIpc) is 3.15. The van der Waals surface area contributed by atoms with Crippen molar-refractivity contribution in [2.45, 2.75) is 24.2 Å². The van der Waals surface area contributed by atoms with E-state index in [0.29, 0.717) is 30.4 Å². The summed E-state index contributed by atoms with van der Waals surface area (Å²) in [6.45, 7) is 3.35. The summed E-state index contributed by atoms with van der Waals surface area (Å²) in [4.78, 5) is 12.4. The van der Waals surface area contributed by atoms with Crippen LogP contribution < -0.4 is 10.6 Å². The number of amides is 1. The lowest BCUT2D eigenvalue weighted by Gasteiger charge is -2.31. The van der Waals surface area contributed by atoms with E-state index in [-0.39, 0.29) is 11.8 Å². The maximum absolute atomic E-state index is 12.6. The topological polar surface area (TPSA) is 78.5 Å². The van der Waals surface area contributed by atoms with Crippen LogP contribution in [0.2, 0.25) is 0 Å². The SMILES string of the molecule is O=C(NCC1CCN(S(=O)(=O)c2ccccc2)CC1)C1CCNC1. The molecule has 132 valence electrons. The number of hydrogen-bond acceptors (Lipinski definition) is 4. The fourth-order valence-corrected chi connectivity index (χ4v) is 4.85. The smallest absolute Gasteiger partial charge is 0.243 e. The molecule has 0 radical (unpaired) electrons. The molecule has 24 heavy (non-hydrogen) atoms. The number of carbonyl (C=O) groups excluding carboxylic acids is 1. The molecule has 1 unspecified atom stereocenters. The fraction of sp³-hybridized carbons (Fsp3) is 0.588. The maximum atomic E-state index is 12.6. The van der Waals surface area contributed by atoms with Crippen molar-refractivity contribution in [2.24, 2.45) is 11.8 Å². The number of nitrogens with one attached hydrogen (secondary N) is 2. The summed E-state index contributed by atoms with van der Waals surface area (Å²) in [6, 6.07) is 8.57. The van der Waals surface area contributed by atoms with E-state index < -0.39 is 10.0 Å². The quantitative estimate of drug-likeness (QED) is 0.823. The van der Waals surface area contributed by atoms with Gasteiger partial charge in [0, 0.05) is 26.2 Å². The molecule has 7 heteroatoms. The molecule has 1 atom stereocenters. The molecule has 3 rings (SSSR count). The largest absolute Gasteiger partial charge is 0.356 e. The average molecular weight is 351 g/mol. The lowest BCUT2D eigenvalue weighted by Crippen LogP contribution is -2.42. The second-order valence-corrected chi connectivity index (χ2v) is 8.53. The monoisotopic (exact) mass is 351 g/mol. The van der Waals surface area contributed by atoms with Gasteiger partial charge in [-0.2, -0.15) is 4.31 Å². The van der Waals surface area contributed by atoms with Gasteiger partial charge in [-0.05, 0) is 43.9 Å². The minimum Gasteiger partial charge on any atom is -0.356 e. The molecule has 2 aliphatic heterocycles. The highest BCUT2D eigenvalue weighted by Gasteiger charge is 2.30. The van der Waals surface area contributed by atoms with Crippen molar-refractivity contribution in [1.82, 2.24) is 14.9 Å². The molecule has 6 nitrogen and oxygen atoms in total. The second kappa shape index (κ2) is 7.63. The maximum Gasteiger partial charge on any atom is 0.243 e. The minimum absolute atomic E-state index is 0.0866. The number of sulfonamides is 1. The Morgan fingerprint density at radius 3 is 2.50 bits per heavy atom. The molecule has 0 aromatic heterocycles. The summed E-state index contributed by atoms with van der Waals surface area (Å²) < 4.78 is 26.7. The third kappa shape index (κ3) is 3.96. The van der Waals surface area contributed by atoms with Gasteiger partial charge in [-0.3, -0.25) is 4.79 Å². The van der Waals surface area contributed by atoms with Gasteiger partial charge in [0.15, 0.2) is 0 Å². The molecule has 2 fully saturated rings. The first-order chi connectivity index (χ1) is 11.6. The summed E-state index contributed by atoms with van der Waals surface area (Å²) in [5, 5.41) is 6.23. The predicted molar refractivity (Wildman–Crippen MR) is 91.9 cm³/mol. The van der Waals surface area contributed by atoms with Gasteiger partial charge < -0.3 is 10.6 Å². The van der Waals surface area contributed by atoms with Crippen LogP contribution in [0.15, 0.2) is 35.2 Å². The molecule has 2 aliphatic rings. The van der Waals surface area contributed by atoms with Crippen molar-refractivity contribution in [3.8, 4) is 0 Å². The summed E-state index contributed by atoms with van der Waals surface area (Å²) in [6.07, 6.45) is 2.48. The zero-order valence-corrected chi connectivity index (χ0v) is 14.6. The van der Waals surface area contributed by atoms with Crippen LogP contribution in [0.4, 0.5) is 0 Å². The molecule has 2 saturated heterocycles. The molecular weight excluding hydrogens is 326 g/mol. The fourth-order valence-electron chi connectivity index (χ4n) is 3.36. The number of rotatable bonds is 5. The number of nitrogens with zero attached hydrogens (tertiary/aromatic N) is 1. The van der Waals surface area contributed by atoms with Crippen LogP contribution in [0.25, 0.3) is 0 Å². The second-order valence-electron chi connectivity index (χ2n) is 6.60. The molecule has 0 spiro atoms. The highest BCUT2D eigenvalue weighted by molar-refractivity contribution is 7.89. The van der Waals surface area contributed by atoms with Crippen LogP contribution in [0.1, 0.15) is 19.3 Å². The van der Waals surface area contributed by atoms with Gasteiger partial charge in [0.25, 0.3) is 0 Å². The highest BCUT2D eigenvalue weighted by atomic mass is 32.2. The first-order valence-corrected chi connectivity index (χ1v) is 10.0. The van der Waals surface area contributed by atoms with Gasteiger partial charge >= 0.3 is 0 Å². The number of hydrogen-bond donors (Lipinski definition) is 2. The summed E-state index contributed by atoms with van der Waals surface area (Å²) >= 11 is 0. The van der Waals surface area contributed by atoms with Crippen molar-refractivity contribution in [3.05, 3.63) is 30.3 Å². The standard InChI is InChI=1S/C17H25N3O3S/c21-17(15-6-9-18-13-15)19-12-14-7-10-20(11-8-14)24(22,23)16-4-2-1-3-5-16/h1-5,14-15,18H,6-13H2,(H,19,21). The third-order valence-electron chi connectivity index (χ3n) is 4.95. The Hall–Kier alpha value is -1.44. The van der Waals surface area contributed by atoms with Gasteiger partial charge in [0.2, 0.25) is 15.9 Å². The summed E-state index contributed by atoms with van der Waals surface area (Å²) in [7, 11) is -3.39. The van der Waals surface area contributed by atoms with E-state index >= 15 is 0 Å².